The molecule has 20 heavy (non-hydrogen) atoms. The first kappa shape index (κ1) is 13.0. The van der Waals surface area contributed by atoms with Gasteiger partial charge in [0.1, 0.15) is 0 Å². The molecule has 0 radical (unpaired) electrons. The molecule has 1 aromatic carbocycles. The summed E-state index contributed by atoms with van der Waals surface area (Å²) in [4.78, 5) is 15.5. The standard InChI is InChI=1S/C15H19N3O2/c16-10-3-4-11-12(8-17-13(11)7-10)14(20)18-15(9-19)5-1-2-6-15/h3-4,7-8,17,19H,1-2,5-6,9,16H2,(H,18,20). The summed E-state index contributed by atoms with van der Waals surface area (Å²) in [7, 11) is 0. The summed E-state index contributed by atoms with van der Waals surface area (Å²) in [6.45, 7) is -0.00591. The fourth-order valence-electron chi connectivity index (χ4n) is 3.01. The number of aliphatic hydroxyl groups is 1. The summed E-state index contributed by atoms with van der Waals surface area (Å²) >= 11 is 0. The lowest BCUT2D eigenvalue weighted by Crippen LogP contribution is -2.49. The van der Waals surface area contributed by atoms with E-state index in [1.165, 1.54) is 0 Å². The van der Waals surface area contributed by atoms with E-state index < -0.39 is 5.54 Å². The van der Waals surface area contributed by atoms with Gasteiger partial charge in [0.2, 0.25) is 0 Å². The topological polar surface area (TPSA) is 91.1 Å². The molecule has 0 unspecified atom stereocenters. The van der Waals surface area contributed by atoms with Gasteiger partial charge in [-0.15, -0.1) is 0 Å². The van der Waals surface area contributed by atoms with Crippen LogP contribution in [-0.2, 0) is 0 Å². The van der Waals surface area contributed by atoms with E-state index in [1.54, 1.807) is 12.3 Å². The van der Waals surface area contributed by atoms with Crippen molar-refractivity contribution in [3.63, 3.8) is 0 Å². The van der Waals surface area contributed by atoms with E-state index in [1.807, 2.05) is 12.1 Å². The smallest absolute Gasteiger partial charge is 0.253 e. The highest BCUT2D eigenvalue weighted by Crippen LogP contribution is 2.30. The molecule has 0 spiro atoms. The molecular formula is C15H19N3O2. The molecule has 0 saturated heterocycles. The maximum Gasteiger partial charge on any atom is 0.253 e. The summed E-state index contributed by atoms with van der Waals surface area (Å²) in [5, 5.41) is 13.4. The van der Waals surface area contributed by atoms with Crippen LogP contribution in [0.1, 0.15) is 36.0 Å². The van der Waals surface area contributed by atoms with Gasteiger partial charge < -0.3 is 21.1 Å². The third-order valence-corrected chi connectivity index (χ3v) is 4.19. The number of aromatic nitrogens is 1. The van der Waals surface area contributed by atoms with E-state index in [-0.39, 0.29) is 12.5 Å². The van der Waals surface area contributed by atoms with Crippen LogP contribution in [0.2, 0.25) is 0 Å². The van der Waals surface area contributed by atoms with E-state index in [0.717, 1.165) is 36.6 Å². The van der Waals surface area contributed by atoms with Crippen LogP contribution in [0.3, 0.4) is 0 Å². The largest absolute Gasteiger partial charge is 0.399 e. The average Bonchev–Trinajstić information content (AvgIpc) is 3.05. The molecule has 2 aromatic rings. The summed E-state index contributed by atoms with van der Waals surface area (Å²) in [6.07, 6.45) is 5.46. The lowest BCUT2D eigenvalue weighted by Gasteiger charge is -2.27. The average molecular weight is 273 g/mol. The Morgan fingerprint density at radius 3 is 2.85 bits per heavy atom. The molecule has 1 amide bonds. The van der Waals surface area contributed by atoms with E-state index in [0.29, 0.717) is 11.3 Å². The Morgan fingerprint density at radius 2 is 2.15 bits per heavy atom. The fourth-order valence-corrected chi connectivity index (χ4v) is 3.01. The summed E-state index contributed by atoms with van der Waals surface area (Å²) < 4.78 is 0. The number of aliphatic hydroxyl groups excluding tert-OH is 1. The number of benzene rings is 1. The lowest BCUT2D eigenvalue weighted by atomic mass is 9.98. The maximum absolute atomic E-state index is 12.5. The molecule has 1 aromatic heterocycles. The number of amides is 1. The number of fused-ring (bicyclic) bond motifs is 1. The van der Waals surface area contributed by atoms with Gasteiger partial charge in [0.05, 0.1) is 17.7 Å². The Balaban J connectivity index is 1.89. The van der Waals surface area contributed by atoms with Gasteiger partial charge in [-0.1, -0.05) is 12.8 Å². The number of rotatable bonds is 3. The second kappa shape index (κ2) is 4.83. The van der Waals surface area contributed by atoms with Gasteiger partial charge in [-0.25, -0.2) is 0 Å². The lowest BCUT2D eigenvalue weighted by molar-refractivity contribution is 0.0840. The zero-order valence-corrected chi connectivity index (χ0v) is 11.3. The van der Waals surface area contributed by atoms with Gasteiger partial charge in [0, 0.05) is 22.8 Å². The SMILES string of the molecule is Nc1ccc2c(C(=O)NC3(CO)CCCC3)c[nH]c2c1. The first-order chi connectivity index (χ1) is 9.63. The third kappa shape index (κ3) is 2.14. The van der Waals surface area contributed by atoms with E-state index in [9.17, 15) is 9.90 Å². The van der Waals surface area contributed by atoms with Crippen LogP contribution in [0.4, 0.5) is 5.69 Å². The molecule has 5 nitrogen and oxygen atoms in total. The number of hydrogen-bond donors (Lipinski definition) is 4. The Morgan fingerprint density at radius 1 is 1.40 bits per heavy atom. The molecule has 0 aliphatic heterocycles. The van der Waals surface area contributed by atoms with Gasteiger partial charge in [-0.05, 0) is 31.0 Å². The van der Waals surface area contributed by atoms with Crippen LogP contribution >= 0.6 is 0 Å². The van der Waals surface area contributed by atoms with Crippen LogP contribution in [0.15, 0.2) is 24.4 Å². The number of anilines is 1. The third-order valence-electron chi connectivity index (χ3n) is 4.19. The molecule has 1 aliphatic carbocycles. The molecule has 5 N–H and O–H groups in total. The number of aromatic amines is 1. The summed E-state index contributed by atoms with van der Waals surface area (Å²) in [5.74, 6) is -0.142. The molecule has 1 fully saturated rings. The number of nitrogens with one attached hydrogen (secondary N) is 2. The number of nitrogen functional groups attached to an aromatic ring is 1. The first-order valence-electron chi connectivity index (χ1n) is 6.94. The molecule has 0 bridgehead atoms. The number of carbonyl (C=O) groups excluding carboxylic acids is 1. The molecule has 1 heterocycles. The second-order valence-electron chi connectivity index (χ2n) is 5.61. The minimum absolute atomic E-state index is 0.00591. The minimum Gasteiger partial charge on any atom is -0.399 e. The van der Waals surface area contributed by atoms with Crippen molar-refractivity contribution < 1.29 is 9.90 Å². The van der Waals surface area contributed by atoms with Gasteiger partial charge in [-0.2, -0.15) is 0 Å². The van der Waals surface area contributed by atoms with Crippen LogP contribution in [-0.4, -0.2) is 28.1 Å². The van der Waals surface area contributed by atoms with Crippen molar-refractivity contribution in [3.05, 3.63) is 30.0 Å². The first-order valence-corrected chi connectivity index (χ1v) is 6.94. The van der Waals surface area contributed by atoms with Crippen molar-refractivity contribution in [2.24, 2.45) is 0 Å². The highest BCUT2D eigenvalue weighted by Gasteiger charge is 2.35. The summed E-state index contributed by atoms with van der Waals surface area (Å²) in [5.41, 5.74) is 7.39. The minimum atomic E-state index is -0.450. The number of H-pyrrole nitrogens is 1. The van der Waals surface area contributed by atoms with Crippen molar-refractivity contribution in [1.82, 2.24) is 10.3 Å². The Hall–Kier alpha value is -2.01. The summed E-state index contributed by atoms with van der Waals surface area (Å²) in [6, 6.07) is 5.43. The van der Waals surface area contributed by atoms with Gasteiger partial charge in [0.15, 0.2) is 0 Å². The van der Waals surface area contributed by atoms with Gasteiger partial charge >= 0.3 is 0 Å². The predicted octanol–water partition coefficient (Wildman–Crippen LogP) is 1.78. The molecule has 5 heteroatoms. The highest BCUT2D eigenvalue weighted by atomic mass is 16.3. The van der Waals surface area contributed by atoms with E-state index in [4.69, 9.17) is 5.73 Å². The van der Waals surface area contributed by atoms with Crippen LogP contribution in [0, 0.1) is 0 Å². The normalized spacial score (nSPS) is 17.4. The quantitative estimate of drug-likeness (QED) is 0.642. The number of hydrogen-bond acceptors (Lipinski definition) is 3. The fraction of sp³-hybridized carbons (Fsp3) is 0.400. The van der Waals surface area contributed by atoms with Crippen molar-refractivity contribution >= 4 is 22.5 Å². The van der Waals surface area contributed by atoms with Crippen molar-refractivity contribution in [2.45, 2.75) is 31.2 Å². The van der Waals surface area contributed by atoms with E-state index in [2.05, 4.69) is 10.3 Å². The highest BCUT2D eigenvalue weighted by molar-refractivity contribution is 6.07. The monoisotopic (exact) mass is 273 g/mol. The maximum atomic E-state index is 12.5. The number of carbonyl (C=O) groups is 1. The van der Waals surface area contributed by atoms with E-state index >= 15 is 0 Å². The Bertz CT molecular complexity index is 642. The van der Waals surface area contributed by atoms with Gasteiger partial charge in [0.25, 0.3) is 5.91 Å². The van der Waals surface area contributed by atoms with Crippen molar-refractivity contribution in [2.75, 3.05) is 12.3 Å². The molecule has 1 saturated carbocycles. The Kier molecular flexibility index (Phi) is 3.14. The van der Waals surface area contributed by atoms with Crippen molar-refractivity contribution in [3.8, 4) is 0 Å². The van der Waals surface area contributed by atoms with Crippen molar-refractivity contribution in [1.29, 1.82) is 0 Å². The molecule has 3 rings (SSSR count). The number of nitrogens with two attached hydrogens (primary N) is 1. The van der Waals surface area contributed by atoms with Crippen LogP contribution in [0.5, 0.6) is 0 Å². The molecule has 0 atom stereocenters. The van der Waals surface area contributed by atoms with Crippen LogP contribution < -0.4 is 11.1 Å². The molecular weight excluding hydrogens is 254 g/mol. The second-order valence-corrected chi connectivity index (χ2v) is 5.61. The Labute approximate surface area is 117 Å². The molecule has 106 valence electrons. The predicted molar refractivity (Wildman–Crippen MR) is 78.5 cm³/mol. The van der Waals surface area contributed by atoms with Gasteiger partial charge in [-0.3, -0.25) is 4.79 Å². The van der Waals surface area contributed by atoms with Crippen LogP contribution in [0.25, 0.3) is 10.9 Å². The zero-order chi connectivity index (χ0) is 14.2. The zero-order valence-electron chi connectivity index (χ0n) is 11.3. The molecule has 1 aliphatic rings.